The maximum absolute atomic E-state index is 5.04. The zero-order valence-corrected chi connectivity index (χ0v) is 23.9. The van der Waals surface area contributed by atoms with Gasteiger partial charge in [-0.25, -0.2) is 15.0 Å². The largest absolute Gasteiger partial charge is 0.208 e. The van der Waals surface area contributed by atoms with E-state index in [1.54, 1.807) is 0 Å². The average Bonchev–Trinajstić information content (AvgIpc) is 3.45. The van der Waals surface area contributed by atoms with Crippen LogP contribution < -0.4 is 0 Å². The Hall–Kier alpha value is -4.84. The molecule has 5 heteroatoms. The first kappa shape index (κ1) is 23.8. The van der Waals surface area contributed by atoms with Crippen molar-refractivity contribution in [3.05, 3.63) is 127 Å². The summed E-state index contributed by atoms with van der Waals surface area (Å²) >= 11 is 3.76. The maximum atomic E-state index is 5.04. The van der Waals surface area contributed by atoms with Gasteiger partial charge in [0.1, 0.15) is 0 Å². The number of hydrogen-bond acceptors (Lipinski definition) is 5. The molecule has 0 bridgehead atoms. The van der Waals surface area contributed by atoms with Crippen LogP contribution in [0.25, 0.3) is 76.2 Å². The van der Waals surface area contributed by atoms with E-state index in [4.69, 9.17) is 15.0 Å². The molecular formula is C37H21N3S2. The standard InChI is InChI=1S/C37H21N3S2/c1-3-10-23(11-4-1)35-38-36(24-12-5-2-6-13-24)40-37(39-35)27-16-8-7-15-26(27)25-20-30-33-31(21-25)42-29-19-18-22-14-9-17-28(41-30)32(22)34(29)33/h1-21H. The zero-order chi connectivity index (χ0) is 27.6. The highest BCUT2D eigenvalue weighted by Crippen LogP contribution is 2.52. The van der Waals surface area contributed by atoms with Crippen LogP contribution in [0.15, 0.2) is 137 Å². The Morgan fingerprint density at radius 3 is 1.81 bits per heavy atom. The third kappa shape index (κ3) is 3.71. The third-order valence-corrected chi connectivity index (χ3v) is 10.1. The van der Waals surface area contributed by atoms with Crippen molar-refractivity contribution in [3.63, 3.8) is 0 Å². The van der Waals surface area contributed by atoms with Crippen LogP contribution in [-0.2, 0) is 0 Å². The lowest BCUT2D eigenvalue weighted by Gasteiger charge is -2.17. The van der Waals surface area contributed by atoms with Gasteiger partial charge >= 0.3 is 0 Å². The zero-order valence-electron chi connectivity index (χ0n) is 22.3. The quantitative estimate of drug-likeness (QED) is 0.211. The summed E-state index contributed by atoms with van der Waals surface area (Å²) in [6.07, 6.45) is 0. The molecule has 0 saturated heterocycles. The van der Waals surface area contributed by atoms with E-state index in [-0.39, 0.29) is 0 Å². The fraction of sp³-hybridized carbons (Fsp3) is 0. The van der Waals surface area contributed by atoms with Gasteiger partial charge in [0, 0.05) is 52.0 Å². The molecule has 0 amide bonds. The fourth-order valence-electron chi connectivity index (χ4n) is 5.99. The Bertz CT molecular complexity index is 2270. The van der Waals surface area contributed by atoms with Crippen LogP contribution in [0.2, 0.25) is 0 Å². The highest BCUT2D eigenvalue weighted by atomic mass is 32.2. The summed E-state index contributed by atoms with van der Waals surface area (Å²) < 4.78 is 2.65. The summed E-state index contributed by atoms with van der Waals surface area (Å²) in [5, 5.41) is 5.47. The second kappa shape index (κ2) is 9.35. The maximum Gasteiger partial charge on any atom is 0.164 e. The molecule has 1 aliphatic rings. The molecule has 0 spiro atoms. The molecule has 2 aromatic heterocycles. The first-order valence-corrected chi connectivity index (χ1v) is 15.5. The highest BCUT2D eigenvalue weighted by Gasteiger charge is 2.23. The lowest BCUT2D eigenvalue weighted by Crippen LogP contribution is -2.01. The number of hydrogen-bond donors (Lipinski definition) is 0. The molecule has 6 aromatic carbocycles. The van der Waals surface area contributed by atoms with Gasteiger partial charge in [0.25, 0.3) is 0 Å². The molecule has 1 aliphatic heterocycles. The summed E-state index contributed by atoms with van der Waals surface area (Å²) in [5.74, 6) is 2.00. The Labute approximate surface area is 250 Å². The van der Waals surface area contributed by atoms with E-state index >= 15 is 0 Å². The van der Waals surface area contributed by atoms with E-state index in [1.165, 1.54) is 46.3 Å². The minimum absolute atomic E-state index is 0.667. The first-order valence-electron chi connectivity index (χ1n) is 13.9. The normalized spacial score (nSPS) is 12.2. The monoisotopic (exact) mass is 571 g/mol. The molecule has 0 aliphatic carbocycles. The second-order valence-electron chi connectivity index (χ2n) is 10.4. The number of rotatable bonds is 4. The molecule has 9 rings (SSSR count). The second-order valence-corrected chi connectivity index (χ2v) is 12.6. The molecule has 42 heavy (non-hydrogen) atoms. The van der Waals surface area contributed by atoms with E-state index in [9.17, 15) is 0 Å². The SMILES string of the molecule is c1ccc(-c2nc(-c3ccccc3)nc(-c3ccccc3-c3cc4c5c(c3)sc3ccc6cccc(c6c35)S4)n2)cc1. The van der Waals surface area contributed by atoms with Crippen molar-refractivity contribution < 1.29 is 0 Å². The van der Waals surface area contributed by atoms with Gasteiger partial charge in [-0.1, -0.05) is 115 Å². The van der Waals surface area contributed by atoms with Crippen molar-refractivity contribution in [1.29, 1.82) is 0 Å². The van der Waals surface area contributed by atoms with Gasteiger partial charge < -0.3 is 0 Å². The minimum Gasteiger partial charge on any atom is -0.208 e. The lowest BCUT2D eigenvalue weighted by atomic mass is 9.97. The van der Waals surface area contributed by atoms with Crippen molar-refractivity contribution in [3.8, 4) is 45.3 Å². The Morgan fingerprint density at radius 1 is 0.405 bits per heavy atom. The van der Waals surface area contributed by atoms with Crippen molar-refractivity contribution in [2.24, 2.45) is 0 Å². The molecule has 0 N–H and O–H groups in total. The molecule has 8 aromatic rings. The molecular weight excluding hydrogens is 551 g/mol. The third-order valence-electron chi connectivity index (χ3n) is 7.90. The van der Waals surface area contributed by atoms with E-state index in [1.807, 2.05) is 83.8 Å². The van der Waals surface area contributed by atoms with Crippen molar-refractivity contribution >= 4 is 54.0 Å². The van der Waals surface area contributed by atoms with Gasteiger partial charge in [0.2, 0.25) is 0 Å². The molecule has 3 nitrogen and oxygen atoms in total. The van der Waals surface area contributed by atoms with Crippen LogP contribution in [0.5, 0.6) is 0 Å². The van der Waals surface area contributed by atoms with Gasteiger partial charge in [-0.2, -0.15) is 0 Å². The number of nitrogens with zero attached hydrogens (tertiary/aromatic N) is 3. The van der Waals surface area contributed by atoms with Crippen LogP contribution in [0.4, 0.5) is 0 Å². The highest BCUT2D eigenvalue weighted by molar-refractivity contribution is 8.00. The fourth-order valence-corrected chi connectivity index (χ4v) is 8.44. The van der Waals surface area contributed by atoms with Gasteiger partial charge in [-0.05, 0) is 40.8 Å². The van der Waals surface area contributed by atoms with Gasteiger partial charge in [-0.3, -0.25) is 0 Å². The van der Waals surface area contributed by atoms with E-state index < -0.39 is 0 Å². The molecule has 3 heterocycles. The number of aromatic nitrogens is 3. The average molecular weight is 572 g/mol. The molecule has 0 unspecified atom stereocenters. The van der Waals surface area contributed by atoms with Crippen molar-refractivity contribution in [2.45, 2.75) is 9.79 Å². The first-order chi connectivity index (χ1) is 20.8. The van der Waals surface area contributed by atoms with Crippen molar-refractivity contribution in [1.82, 2.24) is 15.0 Å². The number of benzene rings is 6. The predicted molar refractivity (Wildman–Crippen MR) is 176 cm³/mol. The van der Waals surface area contributed by atoms with Crippen molar-refractivity contribution in [2.75, 3.05) is 0 Å². The molecule has 0 saturated carbocycles. The van der Waals surface area contributed by atoms with Gasteiger partial charge in [-0.15, -0.1) is 11.3 Å². The van der Waals surface area contributed by atoms with Gasteiger partial charge in [0.15, 0.2) is 17.5 Å². The van der Waals surface area contributed by atoms with E-state index in [0.717, 1.165) is 22.3 Å². The summed E-state index contributed by atoms with van der Waals surface area (Å²) in [7, 11) is 0. The smallest absolute Gasteiger partial charge is 0.164 e. The Kier molecular flexibility index (Phi) is 5.30. The molecule has 0 fully saturated rings. The summed E-state index contributed by atoms with van der Waals surface area (Å²) in [4.78, 5) is 17.6. The minimum atomic E-state index is 0.667. The van der Waals surface area contributed by atoms with Crippen LogP contribution in [0.3, 0.4) is 0 Å². The van der Waals surface area contributed by atoms with Gasteiger partial charge in [0.05, 0.1) is 0 Å². The van der Waals surface area contributed by atoms with Crippen LogP contribution in [0, 0.1) is 0 Å². The van der Waals surface area contributed by atoms with Crippen LogP contribution in [0.1, 0.15) is 0 Å². The lowest BCUT2D eigenvalue weighted by molar-refractivity contribution is 1.07. The molecule has 0 radical (unpaired) electrons. The van der Waals surface area contributed by atoms with E-state index in [2.05, 4.69) is 66.7 Å². The van der Waals surface area contributed by atoms with E-state index in [0.29, 0.717) is 17.5 Å². The van der Waals surface area contributed by atoms with Crippen LogP contribution in [-0.4, -0.2) is 15.0 Å². The summed E-state index contributed by atoms with van der Waals surface area (Å²) in [6.45, 7) is 0. The topological polar surface area (TPSA) is 38.7 Å². The predicted octanol–water partition coefficient (Wildman–Crippen LogP) is 10.5. The molecule has 0 atom stereocenters. The summed E-state index contributed by atoms with van der Waals surface area (Å²) in [6, 6.07) is 44.6. The Balaban J connectivity index is 1.27. The summed E-state index contributed by atoms with van der Waals surface area (Å²) in [5.41, 5.74) is 5.21. The Morgan fingerprint density at radius 2 is 1.07 bits per heavy atom. The van der Waals surface area contributed by atoms with Crippen LogP contribution >= 0.6 is 23.1 Å². The molecule has 196 valence electrons. The number of thiophene rings is 1.